The van der Waals surface area contributed by atoms with Crippen molar-refractivity contribution < 1.29 is 19.1 Å². The summed E-state index contributed by atoms with van der Waals surface area (Å²) in [7, 11) is 1.29. The van der Waals surface area contributed by atoms with Gasteiger partial charge in [-0.3, -0.25) is 14.6 Å². The monoisotopic (exact) mass is 610 g/mol. The molecule has 11 nitrogen and oxygen atoms in total. The molecule has 0 bridgehead atoms. The van der Waals surface area contributed by atoms with Crippen LogP contribution >= 0.6 is 23.2 Å². The molecule has 4 rings (SSSR count). The molecule has 0 fully saturated rings. The summed E-state index contributed by atoms with van der Waals surface area (Å²) in [4.78, 5) is 54.7. The number of anilines is 2. The number of ether oxygens (including phenoxy) is 1. The first kappa shape index (κ1) is 30.5. The lowest BCUT2D eigenvalue weighted by Crippen LogP contribution is -2.31. The molecular weight excluding hydrogens is 583 g/mol. The molecule has 3 N–H and O–H groups in total. The van der Waals surface area contributed by atoms with Crippen LogP contribution in [0.2, 0.25) is 10.0 Å². The van der Waals surface area contributed by atoms with Crippen molar-refractivity contribution in [2.75, 3.05) is 24.3 Å². The Morgan fingerprint density at radius 1 is 1.07 bits per heavy atom. The number of rotatable bonds is 8. The van der Waals surface area contributed by atoms with Crippen molar-refractivity contribution in [1.82, 2.24) is 20.1 Å². The van der Waals surface area contributed by atoms with Crippen molar-refractivity contribution in [2.45, 2.75) is 26.8 Å². The Labute approximate surface area is 251 Å². The molecular formula is C29H28Cl2N6O5. The van der Waals surface area contributed by atoms with Crippen LogP contribution in [0.4, 0.5) is 16.2 Å². The number of halogens is 2. The number of amides is 3. The molecule has 3 amide bonds. The Bertz CT molecular complexity index is 1650. The largest absolute Gasteiger partial charge is 0.465 e. The van der Waals surface area contributed by atoms with Gasteiger partial charge in [-0.1, -0.05) is 47.5 Å². The van der Waals surface area contributed by atoms with E-state index in [1.54, 1.807) is 31.2 Å². The minimum atomic E-state index is -0.735. The number of pyridine rings is 1. The minimum Gasteiger partial charge on any atom is -0.465 e. The number of methoxy groups -OCH3 is 1. The molecule has 1 unspecified atom stereocenters. The van der Waals surface area contributed by atoms with Crippen LogP contribution in [-0.2, 0) is 20.9 Å². The number of esters is 1. The zero-order valence-electron chi connectivity index (χ0n) is 23.0. The Balaban J connectivity index is 1.68. The second-order valence-electron chi connectivity index (χ2n) is 9.19. The highest BCUT2D eigenvalue weighted by Crippen LogP contribution is 2.33. The summed E-state index contributed by atoms with van der Waals surface area (Å²) < 4.78 is 6.13. The number of nitrogens with zero attached hydrogens (tertiary/aromatic N) is 3. The molecule has 3 aromatic rings. The summed E-state index contributed by atoms with van der Waals surface area (Å²) in [6.07, 6.45) is 6.33. The predicted octanol–water partition coefficient (Wildman–Crippen LogP) is 4.91. The van der Waals surface area contributed by atoms with E-state index in [0.717, 1.165) is 11.1 Å². The lowest BCUT2D eigenvalue weighted by Gasteiger charge is -2.21. The van der Waals surface area contributed by atoms with E-state index < -0.39 is 23.5 Å². The third kappa shape index (κ3) is 6.87. The molecule has 2 aromatic heterocycles. The Hall–Kier alpha value is -4.48. The van der Waals surface area contributed by atoms with Crippen LogP contribution in [0.5, 0.6) is 0 Å². The molecule has 218 valence electrons. The number of allylic oxidation sites excluding steroid dienone is 1. The summed E-state index contributed by atoms with van der Waals surface area (Å²) >= 11 is 12.2. The van der Waals surface area contributed by atoms with E-state index in [4.69, 9.17) is 27.9 Å². The second-order valence-corrected chi connectivity index (χ2v) is 10.0. The molecule has 1 aromatic carbocycles. The summed E-state index contributed by atoms with van der Waals surface area (Å²) in [6.45, 7) is 4.28. The van der Waals surface area contributed by atoms with E-state index in [1.165, 1.54) is 30.3 Å². The highest BCUT2D eigenvalue weighted by atomic mass is 35.5. The van der Waals surface area contributed by atoms with E-state index in [1.807, 2.05) is 19.1 Å². The van der Waals surface area contributed by atoms with Crippen molar-refractivity contribution >= 4 is 58.1 Å². The van der Waals surface area contributed by atoms with Crippen molar-refractivity contribution in [3.8, 4) is 11.3 Å². The van der Waals surface area contributed by atoms with Crippen molar-refractivity contribution in [2.24, 2.45) is 5.92 Å². The van der Waals surface area contributed by atoms with Crippen molar-refractivity contribution in [1.29, 1.82) is 0 Å². The maximum atomic E-state index is 13.0. The zero-order valence-corrected chi connectivity index (χ0v) is 24.5. The number of aryl methyl sites for hydroxylation is 1. The molecule has 1 aliphatic carbocycles. The highest BCUT2D eigenvalue weighted by molar-refractivity contribution is 6.39. The molecule has 0 saturated carbocycles. The third-order valence-corrected chi connectivity index (χ3v) is 6.98. The topological polar surface area (TPSA) is 144 Å². The number of benzene rings is 1. The van der Waals surface area contributed by atoms with Gasteiger partial charge in [-0.15, -0.1) is 0 Å². The zero-order chi connectivity index (χ0) is 30.4. The number of nitrogens with one attached hydrogen (secondary N) is 3. The van der Waals surface area contributed by atoms with Crippen molar-refractivity contribution in [3.05, 3.63) is 86.4 Å². The number of hydrogen-bond donors (Lipinski definition) is 3. The van der Waals surface area contributed by atoms with E-state index >= 15 is 0 Å². The van der Waals surface area contributed by atoms with Gasteiger partial charge in [-0.2, -0.15) is 5.10 Å². The molecule has 1 aliphatic rings. The van der Waals surface area contributed by atoms with Gasteiger partial charge in [0.05, 0.1) is 40.0 Å². The van der Waals surface area contributed by atoms with Crippen LogP contribution < -0.4 is 21.5 Å². The van der Waals surface area contributed by atoms with Crippen molar-refractivity contribution in [3.63, 3.8) is 0 Å². The molecule has 1 atom stereocenters. The maximum absolute atomic E-state index is 13.0. The Kier molecular flexibility index (Phi) is 9.76. The lowest BCUT2D eigenvalue weighted by molar-refractivity contribution is -0.135. The summed E-state index contributed by atoms with van der Waals surface area (Å²) in [5.74, 6) is -1.29. The van der Waals surface area contributed by atoms with Gasteiger partial charge in [0, 0.05) is 31.0 Å². The maximum Gasteiger partial charge on any atom is 0.337 e. The van der Waals surface area contributed by atoms with Gasteiger partial charge < -0.3 is 20.7 Å². The minimum absolute atomic E-state index is 0.0184. The van der Waals surface area contributed by atoms with Crippen LogP contribution in [0.25, 0.3) is 16.8 Å². The van der Waals surface area contributed by atoms with Gasteiger partial charge in [0.25, 0.3) is 5.56 Å². The fraction of sp³-hybridized carbons (Fsp3) is 0.241. The SMILES string of the molecule is CCNC(=O)C1C=C(C(=O)OC)C=C(c2cccc(-c3cc(NC(=O)Nc4c(Cl)cncc4Cl)c(=O)n(CC)n3)c2)C1. The smallest absolute Gasteiger partial charge is 0.337 e. The van der Waals surface area contributed by atoms with Crippen LogP contribution in [0.1, 0.15) is 25.8 Å². The molecule has 0 spiro atoms. The average molecular weight is 611 g/mol. The van der Waals surface area contributed by atoms with Gasteiger partial charge in [0.2, 0.25) is 5.91 Å². The standard InChI is InChI=1S/C29H28Cl2N6O5/c1-4-33-26(38)19-10-18(11-20(12-19)28(40)42-3)16-7-6-8-17(9-16)23-13-24(27(39)37(5-2)36-23)34-29(41)35-25-21(30)14-32-15-22(25)31/h6-9,11-15,19H,4-5,10H2,1-3H3,(H,33,38)(H2,32,34,35,41). The fourth-order valence-corrected chi connectivity index (χ4v) is 4.85. The quantitative estimate of drug-likeness (QED) is 0.307. The number of hydrogen-bond acceptors (Lipinski definition) is 7. The van der Waals surface area contributed by atoms with Crippen LogP contribution in [0, 0.1) is 5.92 Å². The van der Waals surface area contributed by atoms with E-state index in [9.17, 15) is 19.2 Å². The molecule has 0 radical (unpaired) electrons. The second kappa shape index (κ2) is 13.5. The summed E-state index contributed by atoms with van der Waals surface area (Å²) in [5.41, 5.74) is 2.46. The predicted molar refractivity (Wildman–Crippen MR) is 161 cm³/mol. The number of aromatic nitrogens is 3. The van der Waals surface area contributed by atoms with Gasteiger partial charge in [0.15, 0.2) is 0 Å². The van der Waals surface area contributed by atoms with Crippen LogP contribution in [0.3, 0.4) is 0 Å². The molecule has 42 heavy (non-hydrogen) atoms. The van der Waals surface area contributed by atoms with Gasteiger partial charge in [-0.05, 0) is 49.6 Å². The molecule has 0 aliphatic heterocycles. The van der Waals surface area contributed by atoms with Crippen LogP contribution in [-0.4, -0.2) is 46.3 Å². The molecule has 2 heterocycles. The number of carbonyl (C=O) groups excluding carboxylic acids is 3. The summed E-state index contributed by atoms with van der Waals surface area (Å²) in [5, 5.41) is 12.6. The van der Waals surface area contributed by atoms with Gasteiger partial charge in [0.1, 0.15) is 5.69 Å². The Morgan fingerprint density at radius 3 is 2.45 bits per heavy atom. The van der Waals surface area contributed by atoms with E-state index in [-0.39, 0.29) is 39.4 Å². The molecule has 0 saturated heterocycles. The average Bonchev–Trinajstić information content (AvgIpc) is 2.99. The Morgan fingerprint density at radius 2 is 1.79 bits per heavy atom. The first-order chi connectivity index (χ1) is 20.1. The fourth-order valence-electron chi connectivity index (χ4n) is 4.39. The normalized spacial score (nSPS) is 14.4. The van der Waals surface area contributed by atoms with E-state index in [2.05, 4.69) is 26.0 Å². The van der Waals surface area contributed by atoms with Crippen LogP contribution in [0.15, 0.2) is 65.2 Å². The van der Waals surface area contributed by atoms with E-state index in [0.29, 0.717) is 24.2 Å². The first-order valence-corrected chi connectivity index (χ1v) is 13.8. The highest BCUT2D eigenvalue weighted by Gasteiger charge is 2.25. The molecule has 13 heteroatoms. The lowest BCUT2D eigenvalue weighted by atomic mass is 9.85. The number of urea groups is 1. The first-order valence-electron chi connectivity index (χ1n) is 13.0. The van der Waals surface area contributed by atoms with Gasteiger partial charge in [-0.25, -0.2) is 14.3 Å². The van der Waals surface area contributed by atoms with Gasteiger partial charge >= 0.3 is 12.0 Å². The summed E-state index contributed by atoms with van der Waals surface area (Å²) in [6, 6.07) is 8.04. The third-order valence-electron chi connectivity index (χ3n) is 6.40. The number of carbonyl (C=O) groups is 3.